The Morgan fingerprint density at radius 3 is 2.68 bits per heavy atom. The van der Waals surface area contributed by atoms with Crippen molar-refractivity contribution >= 4 is 29.3 Å². The standard InChI is InChI=1S/C25H34BN3O2/c1-3-31-24(30)8-16-28-22-4-5-23-21(19(22)2)9-17-29(23)20-6-10-25(11-7-20)12-14-26(18-27)15-13-25/h4-5,9,17,20,28H,3,6-8,10-16H2,1-2H3. The van der Waals surface area contributed by atoms with Gasteiger partial charge in [0.15, 0.2) is 0 Å². The van der Waals surface area contributed by atoms with E-state index in [1.807, 2.05) is 6.92 Å². The molecule has 1 spiro atoms. The summed E-state index contributed by atoms with van der Waals surface area (Å²) in [5, 5.41) is 13.9. The second kappa shape index (κ2) is 9.38. The van der Waals surface area contributed by atoms with Gasteiger partial charge in [0.25, 0.3) is 6.71 Å². The molecule has 31 heavy (non-hydrogen) atoms. The summed E-state index contributed by atoms with van der Waals surface area (Å²) in [5.41, 5.74) is 4.13. The third-order valence-corrected chi connectivity index (χ3v) is 7.76. The van der Waals surface area contributed by atoms with Gasteiger partial charge in [-0.2, -0.15) is 0 Å². The summed E-state index contributed by atoms with van der Waals surface area (Å²) in [6.07, 6.45) is 12.4. The van der Waals surface area contributed by atoms with E-state index in [-0.39, 0.29) is 5.97 Å². The molecule has 0 unspecified atom stereocenters. The molecule has 1 aliphatic heterocycles. The van der Waals surface area contributed by atoms with Crippen molar-refractivity contribution in [2.24, 2.45) is 5.41 Å². The van der Waals surface area contributed by atoms with Crippen molar-refractivity contribution in [2.75, 3.05) is 18.5 Å². The van der Waals surface area contributed by atoms with Crippen LogP contribution in [0.3, 0.4) is 0 Å². The van der Waals surface area contributed by atoms with Gasteiger partial charge in [-0.05, 0) is 68.7 Å². The van der Waals surface area contributed by atoms with Gasteiger partial charge in [-0.25, -0.2) is 5.26 Å². The van der Waals surface area contributed by atoms with Crippen LogP contribution in [0.5, 0.6) is 0 Å². The van der Waals surface area contributed by atoms with Gasteiger partial charge in [0.2, 0.25) is 0 Å². The molecule has 0 amide bonds. The quantitative estimate of drug-likeness (QED) is 0.477. The van der Waals surface area contributed by atoms with Crippen molar-refractivity contribution in [3.63, 3.8) is 0 Å². The predicted octanol–water partition coefficient (Wildman–Crippen LogP) is 5.77. The van der Waals surface area contributed by atoms with Crippen LogP contribution in [-0.4, -0.2) is 30.4 Å². The molecule has 1 saturated heterocycles. The minimum Gasteiger partial charge on any atom is -0.466 e. The molecule has 1 aromatic heterocycles. The number of esters is 1. The van der Waals surface area contributed by atoms with Gasteiger partial charge in [0, 0.05) is 41.3 Å². The van der Waals surface area contributed by atoms with E-state index in [1.165, 1.54) is 55.0 Å². The van der Waals surface area contributed by atoms with Crippen LogP contribution in [0.25, 0.3) is 10.9 Å². The lowest BCUT2D eigenvalue weighted by atomic mass is 9.38. The first-order valence-corrected chi connectivity index (χ1v) is 11.9. The highest BCUT2D eigenvalue weighted by Crippen LogP contribution is 2.50. The second-order valence-corrected chi connectivity index (χ2v) is 9.51. The molecular weight excluding hydrogens is 385 g/mol. The Kier molecular flexibility index (Phi) is 6.60. The normalized spacial score (nSPS) is 18.8. The Bertz CT molecular complexity index is 959. The molecule has 2 heterocycles. The zero-order valence-corrected chi connectivity index (χ0v) is 19.0. The van der Waals surface area contributed by atoms with Crippen molar-refractivity contribution in [1.82, 2.24) is 4.57 Å². The molecule has 5 nitrogen and oxygen atoms in total. The average molecular weight is 419 g/mol. The van der Waals surface area contributed by atoms with Crippen LogP contribution in [0.15, 0.2) is 24.4 Å². The third kappa shape index (κ3) is 4.61. The maximum Gasteiger partial charge on any atom is 0.307 e. The fourth-order valence-electron chi connectivity index (χ4n) is 5.78. The number of anilines is 1. The first kappa shape index (κ1) is 21.8. The summed E-state index contributed by atoms with van der Waals surface area (Å²) in [7, 11) is 0. The number of carbonyl (C=O) groups excluding carboxylic acids is 1. The Morgan fingerprint density at radius 2 is 2.00 bits per heavy atom. The van der Waals surface area contributed by atoms with Crippen LogP contribution in [-0.2, 0) is 9.53 Å². The highest BCUT2D eigenvalue weighted by atomic mass is 16.5. The Labute approximate surface area is 186 Å². The molecule has 1 aliphatic carbocycles. The van der Waals surface area contributed by atoms with E-state index in [2.05, 4.69) is 47.2 Å². The number of nitrogens with one attached hydrogen (secondary N) is 1. The Balaban J connectivity index is 1.40. The summed E-state index contributed by atoms with van der Waals surface area (Å²) in [5.74, 6) is 2.32. The lowest BCUT2D eigenvalue weighted by Crippen LogP contribution is -2.34. The molecular formula is C25H34BN3O2. The number of hydrogen-bond acceptors (Lipinski definition) is 4. The maximum absolute atomic E-state index is 11.6. The Morgan fingerprint density at radius 1 is 1.26 bits per heavy atom. The number of rotatable bonds is 6. The number of carbonyl (C=O) groups is 1. The second-order valence-electron chi connectivity index (χ2n) is 9.51. The maximum atomic E-state index is 11.6. The van der Waals surface area contributed by atoms with Crippen molar-refractivity contribution in [2.45, 2.75) is 77.5 Å². The lowest BCUT2D eigenvalue weighted by molar-refractivity contribution is -0.142. The minimum atomic E-state index is -0.156. The van der Waals surface area contributed by atoms with Gasteiger partial charge in [0.1, 0.15) is 0 Å². The van der Waals surface area contributed by atoms with E-state index in [9.17, 15) is 10.1 Å². The van der Waals surface area contributed by atoms with Crippen molar-refractivity contribution < 1.29 is 9.53 Å². The van der Waals surface area contributed by atoms with Crippen LogP contribution in [0.4, 0.5) is 5.69 Å². The van der Waals surface area contributed by atoms with E-state index in [1.54, 1.807) is 0 Å². The summed E-state index contributed by atoms with van der Waals surface area (Å²) in [6, 6.07) is 7.17. The van der Waals surface area contributed by atoms with Crippen molar-refractivity contribution in [1.29, 1.82) is 5.26 Å². The average Bonchev–Trinajstić information content (AvgIpc) is 3.22. The van der Waals surface area contributed by atoms with Gasteiger partial charge < -0.3 is 14.6 Å². The summed E-state index contributed by atoms with van der Waals surface area (Å²) in [6.45, 7) is 5.30. The largest absolute Gasteiger partial charge is 0.466 e. The molecule has 164 valence electrons. The van der Waals surface area contributed by atoms with Crippen LogP contribution >= 0.6 is 0 Å². The van der Waals surface area contributed by atoms with Crippen LogP contribution in [0, 0.1) is 23.6 Å². The minimum absolute atomic E-state index is 0.156. The molecule has 0 atom stereocenters. The summed E-state index contributed by atoms with van der Waals surface area (Å²) < 4.78 is 7.49. The zero-order valence-electron chi connectivity index (χ0n) is 19.0. The summed E-state index contributed by atoms with van der Waals surface area (Å²) >= 11 is 0. The van der Waals surface area contributed by atoms with E-state index in [0.717, 1.165) is 18.3 Å². The predicted molar refractivity (Wildman–Crippen MR) is 127 cm³/mol. The number of nitriles is 1. The molecule has 0 bridgehead atoms. The number of hydrogen-bond donors (Lipinski definition) is 1. The number of fused-ring (bicyclic) bond motifs is 1. The van der Waals surface area contributed by atoms with Crippen molar-refractivity contribution in [3.05, 3.63) is 30.0 Å². The van der Waals surface area contributed by atoms with E-state index < -0.39 is 0 Å². The first-order chi connectivity index (χ1) is 15.0. The van der Waals surface area contributed by atoms with Crippen LogP contribution < -0.4 is 5.32 Å². The molecule has 1 N–H and O–H groups in total. The fourth-order valence-corrected chi connectivity index (χ4v) is 5.78. The topological polar surface area (TPSA) is 67.0 Å². The number of nitrogens with zero attached hydrogens (tertiary/aromatic N) is 2. The first-order valence-electron chi connectivity index (χ1n) is 11.9. The molecule has 1 aromatic carbocycles. The SMILES string of the molecule is CCOC(=O)CCNc1ccc2c(ccn2C2CCC3(CCB(C#N)CC3)CC2)c1C. The molecule has 2 aromatic rings. The van der Waals surface area contributed by atoms with Gasteiger partial charge in [-0.15, -0.1) is 0 Å². The smallest absolute Gasteiger partial charge is 0.307 e. The highest BCUT2D eigenvalue weighted by Gasteiger charge is 2.40. The monoisotopic (exact) mass is 419 g/mol. The molecule has 6 heteroatoms. The van der Waals surface area contributed by atoms with Crippen LogP contribution in [0.2, 0.25) is 12.6 Å². The number of aromatic nitrogens is 1. The third-order valence-electron chi connectivity index (χ3n) is 7.76. The molecule has 0 radical (unpaired) electrons. The van der Waals surface area contributed by atoms with Crippen LogP contribution in [0.1, 0.15) is 63.5 Å². The van der Waals surface area contributed by atoms with Crippen molar-refractivity contribution in [3.8, 4) is 5.97 Å². The highest BCUT2D eigenvalue weighted by molar-refractivity contribution is 6.67. The zero-order chi connectivity index (χ0) is 21.8. The summed E-state index contributed by atoms with van der Waals surface area (Å²) in [4.78, 5) is 11.6. The van der Waals surface area contributed by atoms with Gasteiger partial charge in [-0.1, -0.05) is 25.5 Å². The van der Waals surface area contributed by atoms with E-state index >= 15 is 0 Å². The molecule has 1 saturated carbocycles. The fraction of sp³-hybridized carbons (Fsp3) is 0.600. The van der Waals surface area contributed by atoms with E-state index in [0.29, 0.717) is 37.7 Å². The Hall–Kier alpha value is -2.42. The van der Waals surface area contributed by atoms with Gasteiger partial charge in [0.05, 0.1) is 13.0 Å². The number of benzene rings is 1. The van der Waals surface area contributed by atoms with Gasteiger partial charge >= 0.3 is 5.97 Å². The molecule has 2 fully saturated rings. The molecule has 2 aliphatic rings. The molecule has 4 rings (SSSR count). The van der Waals surface area contributed by atoms with Gasteiger partial charge in [-0.3, -0.25) is 4.79 Å². The van der Waals surface area contributed by atoms with E-state index in [4.69, 9.17) is 4.74 Å². The number of ether oxygens (including phenoxy) is 1. The lowest BCUT2D eigenvalue weighted by Gasteiger charge is -2.44. The number of aryl methyl sites for hydroxylation is 1.